The van der Waals surface area contributed by atoms with E-state index < -0.39 is 0 Å². The van der Waals surface area contributed by atoms with Crippen molar-refractivity contribution in [3.63, 3.8) is 0 Å². The van der Waals surface area contributed by atoms with E-state index in [4.69, 9.17) is 0 Å². The zero-order valence-electron chi connectivity index (χ0n) is 11.4. The molecule has 0 spiro atoms. The van der Waals surface area contributed by atoms with Gasteiger partial charge in [0.1, 0.15) is 5.52 Å². The maximum absolute atomic E-state index is 4.38. The van der Waals surface area contributed by atoms with E-state index in [-0.39, 0.29) is 0 Å². The van der Waals surface area contributed by atoms with Gasteiger partial charge >= 0.3 is 0 Å². The van der Waals surface area contributed by atoms with Crippen LogP contribution in [0, 0.1) is 5.92 Å². The van der Waals surface area contributed by atoms with Crippen LogP contribution in [0.3, 0.4) is 0 Å². The summed E-state index contributed by atoms with van der Waals surface area (Å²) in [6, 6.07) is 1.98. The van der Waals surface area contributed by atoms with Crippen LogP contribution in [0.25, 0.3) is 5.52 Å². The molecule has 5 heteroatoms. The average molecular weight is 259 g/mol. The predicted molar refractivity (Wildman–Crippen MR) is 76.3 cm³/mol. The molecule has 0 aromatic carbocycles. The predicted octanol–water partition coefficient (Wildman–Crippen LogP) is 1.87. The Morgan fingerprint density at radius 2 is 2.16 bits per heavy atom. The Balaban J connectivity index is 1.53. The molecular weight excluding hydrogens is 238 g/mol. The van der Waals surface area contributed by atoms with Crippen LogP contribution in [0.2, 0.25) is 0 Å². The molecule has 5 nitrogen and oxygen atoms in total. The number of rotatable bonds is 4. The van der Waals surface area contributed by atoms with E-state index in [1.54, 1.807) is 12.4 Å². The van der Waals surface area contributed by atoms with Crippen molar-refractivity contribution < 1.29 is 0 Å². The number of hydrogen-bond acceptors (Lipinski definition) is 4. The number of aromatic nitrogens is 3. The quantitative estimate of drug-likeness (QED) is 0.910. The van der Waals surface area contributed by atoms with E-state index in [0.717, 1.165) is 30.3 Å². The molecule has 0 radical (unpaired) electrons. The Morgan fingerprint density at radius 3 is 3.00 bits per heavy atom. The zero-order valence-corrected chi connectivity index (χ0v) is 11.4. The van der Waals surface area contributed by atoms with Crippen molar-refractivity contribution in [2.75, 3.05) is 31.5 Å². The highest BCUT2D eigenvalue weighted by Crippen LogP contribution is 2.16. The van der Waals surface area contributed by atoms with Gasteiger partial charge in [-0.2, -0.15) is 5.10 Å². The van der Waals surface area contributed by atoms with Crippen LogP contribution in [0.1, 0.15) is 19.8 Å². The van der Waals surface area contributed by atoms with Crippen LogP contribution in [0.15, 0.2) is 24.7 Å². The lowest BCUT2D eigenvalue weighted by atomic mass is 9.99. The van der Waals surface area contributed by atoms with E-state index in [1.165, 1.54) is 25.9 Å². The third-order valence-corrected chi connectivity index (χ3v) is 3.92. The molecule has 2 aromatic rings. The number of piperidine rings is 1. The van der Waals surface area contributed by atoms with Crippen LogP contribution < -0.4 is 5.32 Å². The molecule has 1 aliphatic heterocycles. The highest BCUT2D eigenvalue weighted by atomic mass is 15.2. The molecule has 19 heavy (non-hydrogen) atoms. The third-order valence-electron chi connectivity index (χ3n) is 3.92. The van der Waals surface area contributed by atoms with Crippen molar-refractivity contribution in [1.29, 1.82) is 0 Å². The van der Waals surface area contributed by atoms with Crippen molar-refractivity contribution in [3.05, 3.63) is 24.7 Å². The summed E-state index contributed by atoms with van der Waals surface area (Å²) < 4.78 is 1.85. The van der Waals surface area contributed by atoms with Gasteiger partial charge in [0, 0.05) is 25.5 Å². The van der Waals surface area contributed by atoms with Gasteiger partial charge in [-0.05, 0) is 37.9 Å². The number of fused-ring (bicyclic) bond motifs is 1. The largest absolute Gasteiger partial charge is 0.367 e. The van der Waals surface area contributed by atoms with Gasteiger partial charge in [-0.1, -0.05) is 6.92 Å². The summed E-state index contributed by atoms with van der Waals surface area (Å²) in [5, 5.41) is 7.63. The first kappa shape index (κ1) is 12.4. The summed E-state index contributed by atoms with van der Waals surface area (Å²) in [4.78, 5) is 6.91. The molecule has 0 amide bonds. The average Bonchev–Trinajstić information content (AvgIpc) is 2.90. The number of anilines is 1. The van der Waals surface area contributed by atoms with Crippen molar-refractivity contribution in [3.8, 4) is 0 Å². The smallest absolute Gasteiger partial charge is 0.152 e. The van der Waals surface area contributed by atoms with Crippen molar-refractivity contribution in [2.24, 2.45) is 5.92 Å². The highest BCUT2D eigenvalue weighted by molar-refractivity contribution is 5.66. The van der Waals surface area contributed by atoms with E-state index in [2.05, 4.69) is 27.2 Å². The van der Waals surface area contributed by atoms with E-state index in [0.29, 0.717) is 0 Å². The Hall–Kier alpha value is -1.62. The zero-order chi connectivity index (χ0) is 13.1. The number of hydrogen-bond donors (Lipinski definition) is 1. The van der Waals surface area contributed by atoms with Crippen molar-refractivity contribution >= 4 is 11.3 Å². The fourth-order valence-electron chi connectivity index (χ4n) is 2.61. The van der Waals surface area contributed by atoms with Crippen LogP contribution in [-0.4, -0.2) is 45.7 Å². The summed E-state index contributed by atoms with van der Waals surface area (Å²) in [7, 11) is 0. The minimum absolute atomic E-state index is 0.895. The summed E-state index contributed by atoms with van der Waals surface area (Å²) in [5.41, 5.74) is 1.04. The first-order valence-corrected chi connectivity index (χ1v) is 7.07. The molecule has 102 valence electrons. The van der Waals surface area contributed by atoms with Gasteiger partial charge in [0.15, 0.2) is 5.82 Å². The van der Waals surface area contributed by atoms with Crippen molar-refractivity contribution in [1.82, 2.24) is 19.5 Å². The van der Waals surface area contributed by atoms with Gasteiger partial charge < -0.3 is 10.2 Å². The molecule has 1 saturated heterocycles. The highest BCUT2D eigenvalue weighted by Gasteiger charge is 2.14. The van der Waals surface area contributed by atoms with Gasteiger partial charge in [-0.25, -0.2) is 9.50 Å². The minimum atomic E-state index is 0.895. The van der Waals surface area contributed by atoms with Gasteiger partial charge in [-0.15, -0.1) is 0 Å². The second-order valence-corrected chi connectivity index (χ2v) is 5.39. The van der Waals surface area contributed by atoms with Crippen LogP contribution in [-0.2, 0) is 0 Å². The molecule has 0 saturated carbocycles. The van der Waals surface area contributed by atoms with E-state index >= 15 is 0 Å². The second kappa shape index (κ2) is 5.57. The molecule has 2 aromatic heterocycles. The fraction of sp³-hybridized carbons (Fsp3) is 0.571. The number of nitrogens with one attached hydrogen (secondary N) is 1. The number of nitrogens with zero attached hydrogens (tertiary/aromatic N) is 4. The van der Waals surface area contributed by atoms with Gasteiger partial charge in [0.2, 0.25) is 0 Å². The number of likely N-dealkylation sites (tertiary alicyclic amines) is 1. The Morgan fingerprint density at radius 1 is 1.32 bits per heavy atom. The van der Waals surface area contributed by atoms with Crippen molar-refractivity contribution in [2.45, 2.75) is 19.8 Å². The van der Waals surface area contributed by atoms with Crippen LogP contribution >= 0.6 is 0 Å². The summed E-state index contributed by atoms with van der Waals surface area (Å²) in [6.45, 7) is 6.83. The van der Waals surface area contributed by atoms with E-state index in [9.17, 15) is 0 Å². The van der Waals surface area contributed by atoms with Gasteiger partial charge in [0.05, 0.1) is 6.20 Å². The lowest BCUT2D eigenvalue weighted by Crippen LogP contribution is -2.36. The summed E-state index contributed by atoms with van der Waals surface area (Å²) >= 11 is 0. The third kappa shape index (κ3) is 2.87. The maximum atomic E-state index is 4.38. The first-order chi connectivity index (χ1) is 9.33. The molecule has 1 N–H and O–H groups in total. The molecule has 0 bridgehead atoms. The SMILES string of the molecule is CC1CCN(CCNc2nccn3nccc23)CC1. The topological polar surface area (TPSA) is 45.5 Å². The van der Waals surface area contributed by atoms with E-state index in [1.807, 2.05) is 16.8 Å². The monoisotopic (exact) mass is 259 g/mol. The molecule has 1 aliphatic rings. The van der Waals surface area contributed by atoms with Crippen LogP contribution in [0.4, 0.5) is 5.82 Å². The molecule has 3 rings (SSSR count). The molecule has 3 heterocycles. The van der Waals surface area contributed by atoms with Gasteiger partial charge in [0.25, 0.3) is 0 Å². The molecule has 1 fully saturated rings. The van der Waals surface area contributed by atoms with Gasteiger partial charge in [-0.3, -0.25) is 0 Å². The molecule has 0 unspecified atom stereocenters. The maximum Gasteiger partial charge on any atom is 0.152 e. The van der Waals surface area contributed by atoms with Crippen LogP contribution in [0.5, 0.6) is 0 Å². The minimum Gasteiger partial charge on any atom is -0.367 e. The fourth-order valence-corrected chi connectivity index (χ4v) is 2.61. The lowest BCUT2D eigenvalue weighted by Gasteiger charge is -2.30. The lowest BCUT2D eigenvalue weighted by molar-refractivity contribution is 0.199. The molecule has 0 atom stereocenters. The molecule has 0 aliphatic carbocycles. The first-order valence-electron chi connectivity index (χ1n) is 7.07. The summed E-state index contributed by atoms with van der Waals surface area (Å²) in [6.07, 6.45) is 8.11. The second-order valence-electron chi connectivity index (χ2n) is 5.39. The Kier molecular flexibility index (Phi) is 3.64. The summed E-state index contributed by atoms with van der Waals surface area (Å²) in [5.74, 6) is 1.82. The Bertz CT molecular complexity index is 527. The Labute approximate surface area is 113 Å². The standard InChI is InChI=1S/C14H21N5/c1-12-3-8-18(9-4-12)10-6-15-14-13-2-5-17-19(13)11-7-16-14/h2,5,7,11-12H,3-4,6,8-10H2,1H3,(H,15,16). The molecular formula is C14H21N5. The normalized spacial score (nSPS) is 17.9.